The van der Waals surface area contributed by atoms with Crippen molar-refractivity contribution < 1.29 is 14.3 Å². The van der Waals surface area contributed by atoms with Gasteiger partial charge in [-0.15, -0.1) is 0 Å². The zero-order valence-corrected chi connectivity index (χ0v) is 11.8. The lowest BCUT2D eigenvalue weighted by atomic mass is 10.2. The molecule has 18 heavy (non-hydrogen) atoms. The van der Waals surface area contributed by atoms with E-state index in [0.717, 1.165) is 32.5 Å². The second-order valence-electron chi connectivity index (χ2n) is 4.78. The first-order chi connectivity index (χ1) is 8.67. The summed E-state index contributed by atoms with van der Waals surface area (Å²) in [5, 5.41) is 3.00. The van der Waals surface area contributed by atoms with Gasteiger partial charge in [-0.05, 0) is 46.8 Å². The molecule has 0 bridgehead atoms. The molecule has 0 saturated carbocycles. The van der Waals surface area contributed by atoms with Crippen molar-refractivity contribution >= 4 is 5.97 Å². The molecule has 2 atom stereocenters. The number of hydrogen-bond acceptors (Lipinski definition) is 5. The first-order valence-electron chi connectivity index (χ1n) is 6.81. The molecule has 0 aliphatic carbocycles. The third-order valence-electron chi connectivity index (χ3n) is 3.26. The van der Waals surface area contributed by atoms with Crippen LogP contribution in [0.25, 0.3) is 0 Å². The molecule has 0 radical (unpaired) electrons. The van der Waals surface area contributed by atoms with Crippen molar-refractivity contribution in [2.45, 2.75) is 38.3 Å². The monoisotopic (exact) mass is 258 g/mol. The van der Waals surface area contributed by atoms with E-state index in [1.54, 1.807) is 7.05 Å². The van der Waals surface area contributed by atoms with Gasteiger partial charge in [0.2, 0.25) is 0 Å². The molecular weight excluding hydrogens is 232 g/mol. The van der Waals surface area contributed by atoms with Crippen LogP contribution in [0.3, 0.4) is 0 Å². The molecule has 1 fully saturated rings. The fourth-order valence-electron chi connectivity index (χ4n) is 2.20. The molecule has 0 aromatic heterocycles. The minimum atomic E-state index is -0.211. The molecule has 0 aromatic rings. The highest BCUT2D eigenvalue weighted by Crippen LogP contribution is 2.12. The highest BCUT2D eigenvalue weighted by atomic mass is 16.5. The highest BCUT2D eigenvalue weighted by molar-refractivity contribution is 5.75. The number of nitrogens with one attached hydrogen (secondary N) is 1. The van der Waals surface area contributed by atoms with Crippen LogP contribution in [0.15, 0.2) is 0 Å². The molecular formula is C13H26N2O3. The molecule has 0 aromatic carbocycles. The van der Waals surface area contributed by atoms with Gasteiger partial charge in [-0.25, -0.2) is 0 Å². The quantitative estimate of drug-likeness (QED) is 0.647. The largest absolute Gasteiger partial charge is 0.465 e. The molecule has 1 aliphatic rings. The molecule has 5 nitrogen and oxygen atoms in total. The minimum Gasteiger partial charge on any atom is -0.465 e. The summed E-state index contributed by atoms with van der Waals surface area (Å²) in [6, 6.07) is -0.211. The van der Waals surface area contributed by atoms with Crippen molar-refractivity contribution in [2.24, 2.45) is 0 Å². The van der Waals surface area contributed by atoms with Gasteiger partial charge in [-0.1, -0.05) is 0 Å². The summed E-state index contributed by atoms with van der Waals surface area (Å²) in [5.74, 6) is -0.162. The van der Waals surface area contributed by atoms with E-state index in [1.807, 2.05) is 6.92 Å². The number of likely N-dealkylation sites (N-methyl/N-ethyl adjacent to an activating group) is 2. The van der Waals surface area contributed by atoms with Crippen LogP contribution in [0, 0.1) is 0 Å². The first kappa shape index (κ1) is 15.4. The zero-order chi connectivity index (χ0) is 13.4. The van der Waals surface area contributed by atoms with E-state index >= 15 is 0 Å². The van der Waals surface area contributed by atoms with E-state index in [-0.39, 0.29) is 12.0 Å². The predicted molar refractivity (Wildman–Crippen MR) is 70.6 cm³/mol. The lowest BCUT2D eigenvalue weighted by molar-refractivity contribution is -0.145. The first-order valence-corrected chi connectivity index (χ1v) is 6.81. The molecule has 106 valence electrons. The smallest absolute Gasteiger partial charge is 0.323 e. The summed E-state index contributed by atoms with van der Waals surface area (Å²) in [6.45, 7) is 4.96. The Balaban J connectivity index is 2.21. The molecule has 1 N–H and O–H groups in total. The summed E-state index contributed by atoms with van der Waals surface area (Å²) >= 11 is 0. The Labute approximate surface area is 110 Å². The van der Waals surface area contributed by atoms with Crippen LogP contribution >= 0.6 is 0 Å². The fraction of sp³-hybridized carbons (Fsp3) is 0.923. The van der Waals surface area contributed by atoms with Crippen molar-refractivity contribution in [2.75, 3.05) is 40.4 Å². The van der Waals surface area contributed by atoms with Crippen LogP contribution in [-0.4, -0.2) is 63.4 Å². The van der Waals surface area contributed by atoms with E-state index in [9.17, 15) is 4.79 Å². The molecule has 5 heteroatoms. The normalized spacial score (nSPS) is 21.2. The van der Waals surface area contributed by atoms with Gasteiger partial charge < -0.3 is 19.7 Å². The van der Waals surface area contributed by atoms with Gasteiger partial charge in [0.05, 0.1) is 12.7 Å². The van der Waals surface area contributed by atoms with Crippen LogP contribution in [-0.2, 0) is 14.3 Å². The van der Waals surface area contributed by atoms with E-state index in [4.69, 9.17) is 9.47 Å². The number of rotatable bonds is 8. The van der Waals surface area contributed by atoms with Gasteiger partial charge >= 0.3 is 5.97 Å². The Morgan fingerprint density at radius 1 is 1.61 bits per heavy atom. The van der Waals surface area contributed by atoms with E-state index in [0.29, 0.717) is 12.7 Å². The summed E-state index contributed by atoms with van der Waals surface area (Å²) in [5.41, 5.74) is 0. The Hall–Kier alpha value is -0.650. The average molecular weight is 258 g/mol. The maximum Gasteiger partial charge on any atom is 0.323 e. The highest BCUT2D eigenvalue weighted by Gasteiger charge is 2.20. The summed E-state index contributed by atoms with van der Waals surface area (Å²) in [7, 11) is 3.86. The number of ether oxygens (including phenoxy) is 2. The third kappa shape index (κ3) is 5.33. The Bertz CT molecular complexity index is 242. The average Bonchev–Trinajstić information content (AvgIpc) is 2.83. The van der Waals surface area contributed by atoms with Gasteiger partial charge in [0.1, 0.15) is 6.04 Å². The van der Waals surface area contributed by atoms with E-state index in [2.05, 4.69) is 17.3 Å². The zero-order valence-electron chi connectivity index (χ0n) is 11.8. The maximum atomic E-state index is 11.6. The van der Waals surface area contributed by atoms with Gasteiger partial charge in [-0.3, -0.25) is 4.79 Å². The van der Waals surface area contributed by atoms with Gasteiger partial charge in [0.15, 0.2) is 0 Å². The number of carbonyl (C=O) groups is 1. The fourth-order valence-corrected chi connectivity index (χ4v) is 2.20. The topological polar surface area (TPSA) is 50.8 Å². The Morgan fingerprint density at radius 3 is 2.94 bits per heavy atom. The maximum absolute atomic E-state index is 11.6. The van der Waals surface area contributed by atoms with Crippen LogP contribution in [0.4, 0.5) is 0 Å². The van der Waals surface area contributed by atoms with Crippen LogP contribution in [0.1, 0.15) is 26.2 Å². The molecule has 1 saturated heterocycles. The lowest BCUT2D eigenvalue weighted by Gasteiger charge is -2.22. The van der Waals surface area contributed by atoms with Crippen LogP contribution < -0.4 is 5.32 Å². The SMILES string of the molecule is CCOC(=O)C(CCN(C)CC1CCCO1)NC. The van der Waals surface area contributed by atoms with Crippen molar-refractivity contribution in [3.63, 3.8) is 0 Å². The lowest BCUT2D eigenvalue weighted by Crippen LogP contribution is -2.39. The van der Waals surface area contributed by atoms with Gasteiger partial charge in [0, 0.05) is 13.2 Å². The summed E-state index contributed by atoms with van der Waals surface area (Å²) in [6.07, 6.45) is 3.45. The summed E-state index contributed by atoms with van der Waals surface area (Å²) < 4.78 is 10.6. The summed E-state index contributed by atoms with van der Waals surface area (Å²) in [4.78, 5) is 13.8. The van der Waals surface area contributed by atoms with Crippen LogP contribution in [0.5, 0.6) is 0 Å². The van der Waals surface area contributed by atoms with Crippen molar-refractivity contribution in [3.05, 3.63) is 0 Å². The predicted octanol–water partition coefficient (Wildman–Crippen LogP) is 0.638. The van der Waals surface area contributed by atoms with Crippen molar-refractivity contribution in [1.82, 2.24) is 10.2 Å². The second kappa shape index (κ2) is 8.45. The minimum absolute atomic E-state index is 0.162. The number of nitrogens with zero attached hydrogens (tertiary/aromatic N) is 1. The molecule has 0 spiro atoms. The number of hydrogen-bond donors (Lipinski definition) is 1. The Morgan fingerprint density at radius 2 is 2.39 bits per heavy atom. The van der Waals surface area contributed by atoms with Gasteiger partial charge in [0.25, 0.3) is 0 Å². The third-order valence-corrected chi connectivity index (χ3v) is 3.26. The number of esters is 1. The molecule has 1 heterocycles. The van der Waals surface area contributed by atoms with Gasteiger partial charge in [-0.2, -0.15) is 0 Å². The second-order valence-corrected chi connectivity index (χ2v) is 4.78. The Kier molecular flexibility index (Phi) is 7.23. The molecule has 1 aliphatic heterocycles. The number of carbonyl (C=O) groups excluding carboxylic acids is 1. The molecule has 1 rings (SSSR count). The molecule has 0 amide bonds. The molecule has 2 unspecified atom stereocenters. The van der Waals surface area contributed by atoms with E-state index < -0.39 is 0 Å². The van der Waals surface area contributed by atoms with Crippen molar-refractivity contribution in [1.29, 1.82) is 0 Å². The van der Waals surface area contributed by atoms with E-state index in [1.165, 1.54) is 6.42 Å². The van der Waals surface area contributed by atoms with Crippen LogP contribution in [0.2, 0.25) is 0 Å². The standard InChI is InChI=1S/C13H26N2O3/c1-4-17-13(16)12(14-2)7-8-15(3)10-11-6-5-9-18-11/h11-12,14H,4-10H2,1-3H3. The van der Waals surface area contributed by atoms with Crippen molar-refractivity contribution in [3.8, 4) is 0 Å².